The van der Waals surface area contributed by atoms with Crippen LogP contribution in [-0.4, -0.2) is 26.7 Å². The Balaban J connectivity index is 1.86. The summed E-state index contributed by atoms with van der Waals surface area (Å²) >= 11 is 3.41. The van der Waals surface area contributed by atoms with Crippen molar-refractivity contribution in [2.75, 3.05) is 0 Å². The molecule has 0 spiro atoms. The standard InChI is InChI=1S/C23H17BrN2O3/c24-18-10-8-16(9-11-18)20-19(21(27)17-6-2-1-3-7-17)22(28)23(29)26(20)14-15-5-4-12-25-13-15/h1-13,20,27H,14H2/t20-/m0/s1. The molecule has 5 nitrogen and oxygen atoms in total. The van der Waals surface area contributed by atoms with E-state index < -0.39 is 17.7 Å². The largest absolute Gasteiger partial charge is 0.507 e. The lowest BCUT2D eigenvalue weighted by Gasteiger charge is -2.25. The number of pyridine rings is 1. The molecular formula is C23H17BrN2O3. The highest BCUT2D eigenvalue weighted by atomic mass is 79.9. The predicted octanol–water partition coefficient (Wildman–Crippen LogP) is 4.47. The Morgan fingerprint density at radius 2 is 1.72 bits per heavy atom. The van der Waals surface area contributed by atoms with Gasteiger partial charge in [0.15, 0.2) is 0 Å². The second-order valence-electron chi connectivity index (χ2n) is 6.71. The number of rotatable bonds is 4. The molecule has 0 bridgehead atoms. The average Bonchev–Trinajstić information content (AvgIpc) is 3.00. The van der Waals surface area contributed by atoms with Crippen LogP contribution in [0.25, 0.3) is 5.76 Å². The van der Waals surface area contributed by atoms with E-state index in [9.17, 15) is 14.7 Å². The highest BCUT2D eigenvalue weighted by Gasteiger charge is 2.46. The molecule has 1 amide bonds. The third-order valence-corrected chi connectivity index (χ3v) is 5.38. The molecule has 0 aliphatic carbocycles. The number of hydrogen-bond acceptors (Lipinski definition) is 4. The average molecular weight is 449 g/mol. The summed E-state index contributed by atoms with van der Waals surface area (Å²) in [5.74, 6) is -1.51. The van der Waals surface area contributed by atoms with Crippen molar-refractivity contribution in [3.05, 3.63) is 106 Å². The van der Waals surface area contributed by atoms with Crippen LogP contribution in [0.4, 0.5) is 0 Å². The van der Waals surface area contributed by atoms with Gasteiger partial charge in [0.25, 0.3) is 11.7 Å². The Labute approximate surface area is 176 Å². The van der Waals surface area contributed by atoms with Crippen molar-refractivity contribution in [1.82, 2.24) is 9.88 Å². The first-order chi connectivity index (χ1) is 14.1. The SMILES string of the molecule is O=C1C(=O)N(Cc2cccnc2)[C@@H](c2ccc(Br)cc2)C1=C(O)c1ccccc1. The number of nitrogens with zero attached hydrogens (tertiary/aromatic N) is 2. The van der Waals surface area contributed by atoms with Gasteiger partial charge in [-0.05, 0) is 29.3 Å². The smallest absolute Gasteiger partial charge is 0.295 e. The maximum absolute atomic E-state index is 12.9. The van der Waals surface area contributed by atoms with Gasteiger partial charge >= 0.3 is 0 Å². The Morgan fingerprint density at radius 1 is 1.00 bits per heavy atom. The summed E-state index contributed by atoms with van der Waals surface area (Å²) in [4.78, 5) is 31.4. The monoisotopic (exact) mass is 448 g/mol. The summed E-state index contributed by atoms with van der Waals surface area (Å²) in [5, 5.41) is 10.9. The fraction of sp³-hybridized carbons (Fsp3) is 0.0870. The normalized spacial score (nSPS) is 18.2. The first kappa shape index (κ1) is 19.1. The van der Waals surface area contributed by atoms with Gasteiger partial charge in [0.05, 0.1) is 11.6 Å². The Hall–Kier alpha value is -3.25. The number of aliphatic hydroxyl groups is 1. The van der Waals surface area contributed by atoms with Crippen LogP contribution in [0.2, 0.25) is 0 Å². The Kier molecular flexibility index (Phi) is 5.27. The van der Waals surface area contributed by atoms with Crippen molar-refractivity contribution < 1.29 is 14.7 Å². The number of likely N-dealkylation sites (tertiary alicyclic amines) is 1. The van der Waals surface area contributed by atoms with E-state index in [0.29, 0.717) is 5.56 Å². The van der Waals surface area contributed by atoms with Crippen LogP contribution in [0.1, 0.15) is 22.7 Å². The molecule has 2 aromatic carbocycles. The van der Waals surface area contributed by atoms with E-state index in [0.717, 1.165) is 15.6 Å². The van der Waals surface area contributed by atoms with E-state index in [1.165, 1.54) is 4.90 Å². The number of carbonyl (C=O) groups is 2. The molecule has 1 N–H and O–H groups in total. The summed E-state index contributed by atoms with van der Waals surface area (Å²) in [6.45, 7) is 0.213. The van der Waals surface area contributed by atoms with E-state index in [1.807, 2.05) is 36.4 Å². The van der Waals surface area contributed by atoms with E-state index in [-0.39, 0.29) is 17.9 Å². The van der Waals surface area contributed by atoms with E-state index >= 15 is 0 Å². The minimum atomic E-state index is -0.692. The van der Waals surface area contributed by atoms with E-state index in [1.54, 1.807) is 42.7 Å². The van der Waals surface area contributed by atoms with Gasteiger partial charge < -0.3 is 10.0 Å². The van der Waals surface area contributed by atoms with Gasteiger partial charge in [-0.15, -0.1) is 0 Å². The van der Waals surface area contributed by atoms with Crippen LogP contribution in [-0.2, 0) is 16.1 Å². The molecule has 0 unspecified atom stereocenters. The lowest BCUT2D eigenvalue weighted by Crippen LogP contribution is -2.29. The molecule has 1 aliphatic rings. The summed E-state index contributed by atoms with van der Waals surface area (Å²) < 4.78 is 0.883. The number of aliphatic hydroxyl groups excluding tert-OH is 1. The van der Waals surface area contributed by atoms with Gasteiger partial charge in [-0.25, -0.2) is 0 Å². The van der Waals surface area contributed by atoms with Crippen LogP contribution in [0.3, 0.4) is 0 Å². The maximum Gasteiger partial charge on any atom is 0.295 e. The van der Waals surface area contributed by atoms with Crippen molar-refractivity contribution in [3.8, 4) is 0 Å². The molecule has 0 saturated carbocycles. The lowest BCUT2D eigenvalue weighted by atomic mass is 9.95. The minimum absolute atomic E-state index is 0.0902. The van der Waals surface area contributed by atoms with Gasteiger partial charge in [-0.3, -0.25) is 14.6 Å². The number of halogens is 1. The zero-order valence-corrected chi connectivity index (χ0v) is 16.9. The summed E-state index contributed by atoms with van der Waals surface area (Å²) in [5.41, 5.74) is 2.13. The van der Waals surface area contributed by atoms with Crippen LogP contribution in [0.15, 0.2) is 89.2 Å². The fourth-order valence-corrected chi connectivity index (χ4v) is 3.74. The molecule has 6 heteroatoms. The maximum atomic E-state index is 12.9. The van der Waals surface area contributed by atoms with Gasteiger partial charge in [-0.1, -0.05) is 64.5 Å². The second kappa shape index (κ2) is 8.01. The highest BCUT2D eigenvalue weighted by molar-refractivity contribution is 9.10. The summed E-state index contributed by atoms with van der Waals surface area (Å²) in [7, 11) is 0. The Morgan fingerprint density at radius 3 is 2.38 bits per heavy atom. The second-order valence-corrected chi connectivity index (χ2v) is 7.62. The first-order valence-electron chi connectivity index (χ1n) is 9.04. The molecule has 2 heterocycles. The molecule has 29 heavy (non-hydrogen) atoms. The summed E-state index contributed by atoms with van der Waals surface area (Å²) in [6.07, 6.45) is 3.31. The van der Waals surface area contributed by atoms with E-state index in [4.69, 9.17) is 0 Å². The quantitative estimate of drug-likeness (QED) is 0.363. The molecule has 144 valence electrons. The number of benzene rings is 2. The number of ketones is 1. The number of hydrogen-bond donors (Lipinski definition) is 1. The van der Waals surface area contributed by atoms with Crippen molar-refractivity contribution in [3.63, 3.8) is 0 Å². The van der Waals surface area contributed by atoms with E-state index in [2.05, 4.69) is 20.9 Å². The fourth-order valence-electron chi connectivity index (χ4n) is 3.47. The third-order valence-electron chi connectivity index (χ3n) is 4.85. The van der Waals surface area contributed by atoms with Crippen molar-refractivity contribution in [2.45, 2.75) is 12.6 Å². The number of aromatic nitrogens is 1. The molecule has 1 aliphatic heterocycles. The topological polar surface area (TPSA) is 70.5 Å². The predicted molar refractivity (Wildman–Crippen MR) is 113 cm³/mol. The zero-order chi connectivity index (χ0) is 20.4. The molecule has 4 rings (SSSR count). The molecule has 1 aromatic heterocycles. The Bertz CT molecular complexity index is 1080. The lowest BCUT2D eigenvalue weighted by molar-refractivity contribution is -0.140. The molecular weight excluding hydrogens is 432 g/mol. The number of Topliss-reactive ketones (excluding diaryl/α,β-unsaturated/α-hetero) is 1. The van der Waals surface area contributed by atoms with Crippen LogP contribution >= 0.6 is 15.9 Å². The van der Waals surface area contributed by atoms with Crippen LogP contribution in [0, 0.1) is 0 Å². The van der Waals surface area contributed by atoms with Crippen molar-refractivity contribution >= 4 is 33.4 Å². The first-order valence-corrected chi connectivity index (χ1v) is 9.84. The van der Waals surface area contributed by atoms with Crippen molar-refractivity contribution in [2.24, 2.45) is 0 Å². The van der Waals surface area contributed by atoms with Gasteiger partial charge in [0.2, 0.25) is 0 Å². The molecule has 3 aromatic rings. The third kappa shape index (κ3) is 3.71. The minimum Gasteiger partial charge on any atom is -0.507 e. The van der Waals surface area contributed by atoms with Gasteiger partial charge in [0.1, 0.15) is 5.76 Å². The summed E-state index contributed by atoms with van der Waals surface area (Å²) in [6, 6.07) is 19.1. The highest BCUT2D eigenvalue weighted by Crippen LogP contribution is 2.40. The van der Waals surface area contributed by atoms with Crippen LogP contribution in [0.5, 0.6) is 0 Å². The number of amides is 1. The molecule has 0 radical (unpaired) electrons. The van der Waals surface area contributed by atoms with Gasteiger partial charge in [-0.2, -0.15) is 0 Å². The van der Waals surface area contributed by atoms with Crippen molar-refractivity contribution in [1.29, 1.82) is 0 Å². The molecule has 1 fully saturated rings. The number of carbonyl (C=O) groups excluding carboxylic acids is 2. The molecule has 1 atom stereocenters. The van der Waals surface area contributed by atoms with Crippen LogP contribution < -0.4 is 0 Å². The van der Waals surface area contributed by atoms with Gasteiger partial charge in [0, 0.05) is 29.0 Å². The molecule has 1 saturated heterocycles. The zero-order valence-electron chi connectivity index (χ0n) is 15.3.